The largest absolute Gasteiger partial charge is 0.450 e. The summed E-state index contributed by atoms with van der Waals surface area (Å²) in [6, 6.07) is 7.62. The number of allylic oxidation sites excluding steroid dienone is 1. The van der Waals surface area contributed by atoms with Crippen LogP contribution in [0.3, 0.4) is 0 Å². The summed E-state index contributed by atoms with van der Waals surface area (Å²) in [5.74, 6) is 0.0913. The average molecular weight is 456 g/mol. The van der Waals surface area contributed by atoms with Crippen LogP contribution < -0.4 is 5.56 Å². The van der Waals surface area contributed by atoms with E-state index in [0.29, 0.717) is 55.5 Å². The van der Waals surface area contributed by atoms with Crippen LogP contribution in [0.15, 0.2) is 46.9 Å². The maximum absolute atomic E-state index is 13.1. The predicted octanol–water partition coefficient (Wildman–Crippen LogP) is 2.46. The minimum absolute atomic E-state index is 0.0584. The molecule has 1 aliphatic heterocycles. The van der Waals surface area contributed by atoms with Crippen molar-refractivity contribution in [2.45, 2.75) is 18.6 Å². The summed E-state index contributed by atoms with van der Waals surface area (Å²) < 4.78 is 6.55. The van der Waals surface area contributed by atoms with Crippen LogP contribution in [-0.4, -0.2) is 74.9 Å². The second-order valence-electron chi connectivity index (χ2n) is 7.35. The Morgan fingerprint density at radius 1 is 1.22 bits per heavy atom. The minimum atomic E-state index is -0.348. The summed E-state index contributed by atoms with van der Waals surface area (Å²) in [6.45, 7) is 7.91. The lowest BCUT2D eigenvalue weighted by Crippen LogP contribution is -2.51. The van der Waals surface area contributed by atoms with Gasteiger partial charge in [-0.15, -0.1) is 6.58 Å². The Balaban J connectivity index is 1.51. The smallest absolute Gasteiger partial charge is 0.409 e. The second kappa shape index (κ2) is 9.47. The summed E-state index contributed by atoms with van der Waals surface area (Å²) in [7, 11) is 0. The van der Waals surface area contributed by atoms with Gasteiger partial charge in [-0.05, 0) is 13.0 Å². The summed E-state index contributed by atoms with van der Waals surface area (Å²) in [5.41, 5.74) is 1.70. The topological polar surface area (TPSA) is 101 Å². The normalized spacial score (nSPS) is 14.2. The third-order valence-corrected chi connectivity index (χ3v) is 6.33. The second-order valence-corrected chi connectivity index (χ2v) is 8.29. The molecule has 0 atom stereocenters. The monoisotopic (exact) mass is 455 g/mol. The predicted molar refractivity (Wildman–Crippen MR) is 124 cm³/mol. The number of thioether (sulfide) groups is 1. The SMILES string of the molecule is C=CCn1c(SCC(=O)N2CCN(C(=O)OCC)CC2)nc2c([nH]c3ccccc32)c1=O. The highest BCUT2D eigenvalue weighted by atomic mass is 32.2. The van der Waals surface area contributed by atoms with Crippen LogP contribution in [-0.2, 0) is 16.1 Å². The number of amides is 2. The van der Waals surface area contributed by atoms with E-state index in [1.54, 1.807) is 22.8 Å². The van der Waals surface area contributed by atoms with E-state index < -0.39 is 0 Å². The number of rotatable bonds is 6. The zero-order valence-corrected chi connectivity index (χ0v) is 18.7. The standard InChI is InChI=1S/C22H25N5O4S/c1-3-9-27-20(29)19-18(15-7-5-6-8-16(15)23-19)24-21(27)32-14-17(28)25-10-12-26(13-11-25)22(30)31-4-2/h3,5-8,23H,1,4,9-14H2,2H3. The first-order chi connectivity index (χ1) is 15.5. The fourth-order valence-electron chi connectivity index (χ4n) is 3.75. The summed E-state index contributed by atoms with van der Waals surface area (Å²) in [6.07, 6.45) is 1.29. The van der Waals surface area contributed by atoms with E-state index in [-0.39, 0.29) is 23.3 Å². The zero-order chi connectivity index (χ0) is 22.7. The Morgan fingerprint density at radius 3 is 2.66 bits per heavy atom. The van der Waals surface area contributed by atoms with Crippen molar-refractivity contribution < 1.29 is 14.3 Å². The van der Waals surface area contributed by atoms with Gasteiger partial charge in [0, 0.05) is 43.6 Å². The number of nitrogens with one attached hydrogen (secondary N) is 1. The maximum Gasteiger partial charge on any atom is 0.409 e. The maximum atomic E-state index is 13.1. The van der Waals surface area contributed by atoms with Crippen LogP contribution in [0.2, 0.25) is 0 Å². The molecule has 0 unspecified atom stereocenters. The van der Waals surface area contributed by atoms with E-state index in [0.717, 1.165) is 10.9 Å². The number of benzene rings is 1. The van der Waals surface area contributed by atoms with Crippen LogP contribution in [0.1, 0.15) is 6.92 Å². The first kappa shape index (κ1) is 21.9. The molecule has 2 aromatic heterocycles. The highest BCUT2D eigenvalue weighted by Crippen LogP contribution is 2.25. The van der Waals surface area contributed by atoms with Crippen molar-refractivity contribution in [2.24, 2.45) is 0 Å². The van der Waals surface area contributed by atoms with Crippen LogP contribution >= 0.6 is 11.8 Å². The highest BCUT2D eigenvalue weighted by molar-refractivity contribution is 7.99. The van der Waals surface area contributed by atoms with Crippen molar-refractivity contribution in [2.75, 3.05) is 38.5 Å². The zero-order valence-electron chi connectivity index (χ0n) is 17.9. The molecule has 0 saturated carbocycles. The first-order valence-electron chi connectivity index (χ1n) is 10.5. The molecule has 1 aromatic carbocycles. The van der Waals surface area contributed by atoms with E-state index in [4.69, 9.17) is 9.72 Å². The molecule has 1 N–H and O–H groups in total. The molecule has 1 aliphatic rings. The molecule has 3 heterocycles. The number of ether oxygens (including phenoxy) is 1. The van der Waals surface area contributed by atoms with Gasteiger partial charge in [0.05, 0.1) is 12.4 Å². The van der Waals surface area contributed by atoms with Crippen molar-refractivity contribution in [3.8, 4) is 0 Å². The first-order valence-corrected chi connectivity index (χ1v) is 11.5. The van der Waals surface area contributed by atoms with E-state index >= 15 is 0 Å². The molecular formula is C22H25N5O4S. The number of hydrogen-bond donors (Lipinski definition) is 1. The third kappa shape index (κ3) is 4.22. The lowest BCUT2D eigenvalue weighted by molar-refractivity contribution is -0.129. The van der Waals surface area contributed by atoms with E-state index in [1.165, 1.54) is 16.3 Å². The molecule has 4 rings (SSSR count). The van der Waals surface area contributed by atoms with Crippen molar-refractivity contribution in [1.82, 2.24) is 24.3 Å². The molecule has 2 amide bonds. The molecule has 10 heteroatoms. The Labute approximate surface area is 189 Å². The van der Waals surface area contributed by atoms with Gasteiger partial charge in [0.1, 0.15) is 11.0 Å². The molecule has 168 valence electrons. The van der Waals surface area contributed by atoms with E-state index in [1.807, 2.05) is 24.3 Å². The van der Waals surface area contributed by atoms with Gasteiger partial charge < -0.3 is 19.5 Å². The number of aromatic amines is 1. The number of piperazine rings is 1. The number of hydrogen-bond acceptors (Lipinski definition) is 6. The fraction of sp³-hybridized carbons (Fsp3) is 0.364. The molecule has 9 nitrogen and oxygen atoms in total. The van der Waals surface area contributed by atoms with Crippen molar-refractivity contribution >= 4 is 45.7 Å². The van der Waals surface area contributed by atoms with Crippen LogP contribution in [0, 0.1) is 0 Å². The number of carbonyl (C=O) groups is 2. The van der Waals surface area contributed by atoms with Gasteiger partial charge in [-0.25, -0.2) is 9.78 Å². The van der Waals surface area contributed by atoms with E-state index in [2.05, 4.69) is 11.6 Å². The quantitative estimate of drug-likeness (QED) is 0.348. The number of nitrogens with zero attached hydrogens (tertiary/aromatic N) is 4. The molecule has 1 saturated heterocycles. The lowest BCUT2D eigenvalue weighted by Gasteiger charge is -2.34. The molecular weight excluding hydrogens is 430 g/mol. The molecule has 32 heavy (non-hydrogen) atoms. The molecule has 0 spiro atoms. The van der Waals surface area contributed by atoms with E-state index in [9.17, 15) is 14.4 Å². The van der Waals surface area contributed by atoms with Gasteiger partial charge in [-0.3, -0.25) is 14.2 Å². The van der Waals surface area contributed by atoms with Gasteiger partial charge in [0.15, 0.2) is 5.16 Å². The lowest BCUT2D eigenvalue weighted by atomic mass is 10.2. The number of aromatic nitrogens is 3. The Morgan fingerprint density at radius 2 is 1.94 bits per heavy atom. The van der Waals surface area contributed by atoms with Gasteiger partial charge in [0.25, 0.3) is 5.56 Å². The number of carbonyl (C=O) groups excluding carboxylic acids is 2. The minimum Gasteiger partial charge on any atom is -0.450 e. The molecule has 1 fully saturated rings. The molecule has 3 aromatic rings. The number of fused-ring (bicyclic) bond motifs is 3. The van der Waals surface area contributed by atoms with Gasteiger partial charge in [-0.2, -0.15) is 0 Å². The molecule has 0 aliphatic carbocycles. The number of para-hydroxylation sites is 1. The van der Waals surface area contributed by atoms with Gasteiger partial charge in [-0.1, -0.05) is 36.0 Å². The van der Waals surface area contributed by atoms with Crippen LogP contribution in [0.5, 0.6) is 0 Å². The third-order valence-electron chi connectivity index (χ3n) is 5.37. The summed E-state index contributed by atoms with van der Waals surface area (Å²) in [5, 5.41) is 1.35. The Kier molecular flexibility index (Phi) is 6.50. The Bertz CT molecular complexity index is 1230. The van der Waals surface area contributed by atoms with Crippen molar-refractivity contribution in [3.63, 3.8) is 0 Å². The number of H-pyrrole nitrogens is 1. The average Bonchev–Trinajstić information content (AvgIpc) is 3.19. The molecule has 0 bridgehead atoms. The summed E-state index contributed by atoms with van der Waals surface area (Å²) in [4.78, 5) is 48.9. The fourth-order valence-corrected chi connectivity index (χ4v) is 4.65. The van der Waals surface area contributed by atoms with Crippen LogP contribution in [0.25, 0.3) is 21.9 Å². The molecule has 0 radical (unpaired) electrons. The van der Waals surface area contributed by atoms with Crippen molar-refractivity contribution in [1.29, 1.82) is 0 Å². The Hall–Kier alpha value is -3.27. The van der Waals surface area contributed by atoms with Gasteiger partial charge >= 0.3 is 6.09 Å². The summed E-state index contributed by atoms with van der Waals surface area (Å²) >= 11 is 1.24. The van der Waals surface area contributed by atoms with Crippen molar-refractivity contribution in [3.05, 3.63) is 47.3 Å². The highest BCUT2D eigenvalue weighted by Gasteiger charge is 2.25. The van der Waals surface area contributed by atoms with Gasteiger partial charge in [0.2, 0.25) is 5.91 Å². The van der Waals surface area contributed by atoms with Crippen LogP contribution in [0.4, 0.5) is 4.79 Å².